The van der Waals surface area contributed by atoms with E-state index in [1.165, 1.54) is 0 Å². The van der Waals surface area contributed by atoms with Crippen LogP contribution in [0.3, 0.4) is 0 Å². The molecular weight excluding hydrogens is 414 g/mol. The van der Waals surface area contributed by atoms with Gasteiger partial charge in [0.1, 0.15) is 0 Å². The lowest BCUT2D eigenvalue weighted by Gasteiger charge is -2.15. The Morgan fingerprint density at radius 1 is 1.00 bits per heavy atom. The van der Waals surface area contributed by atoms with E-state index in [9.17, 15) is 9.59 Å². The van der Waals surface area contributed by atoms with Gasteiger partial charge < -0.3 is 15.0 Å². The first kappa shape index (κ1) is 22.3. The summed E-state index contributed by atoms with van der Waals surface area (Å²) in [5, 5.41) is 13.5. The zero-order chi connectivity index (χ0) is 23.4. The van der Waals surface area contributed by atoms with E-state index in [0.29, 0.717) is 6.54 Å². The fourth-order valence-corrected chi connectivity index (χ4v) is 4.02. The number of aryl methyl sites for hydroxylation is 2. The summed E-state index contributed by atoms with van der Waals surface area (Å²) in [5.41, 5.74) is 6.22. The highest BCUT2D eigenvalue weighted by molar-refractivity contribution is 5.82. The number of pyridine rings is 2. The van der Waals surface area contributed by atoms with Gasteiger partial charge >= 0.3 is 5.97 Å². The molecule has 0 fully saturated rings. The molecule has 0 atom stereocenters. The average Bonchev–Trinajstić information content (AvgIpc) is 2.82. The van der Waals surface area contributed by atoms with Gasteiger partial charge in [-0.1, -0.05) is 44.2 Å². The largest absolute Gasteiger partial charge is 0.481 e. The number of carbonyl (C=O) groups is 1. The molecule has 0 spiro atoms. The molecule has 168 valence electrons. The molecule has 6 nitrogen and oxygen atoms in total. The van der Waals surface area contributed by atoms with E-state index >= 15 is 0 Å². The molecule has 2 N–H and O–H groups in total. The molecule has 2 aromatic carbocycles. The standard InChI is InChI=1S/C27H27N3O3/c1-3-20-16-25-22(23(4-2)28-20)13-14-26(31)30(25)17-18-9-11-21(12-10-18)29-24-8-6-5-7-19(24)15-27(32)33/h5-14,16,29H,3-4,15,17H2,1-2H3,(H,32,33). The average molecular weight is 442 g/mol. The molecule has 0 saturated heterocycles. The van der Waals surface area contributed by atoms with E-state index in [1.54, 1.807) is 10.6 Å². The quantitative estimate of drug-likeness (QED) is 0.405. The van der Waals surface area contributed by atoms with Gasteiger partial charge in [-0.05, 0) is 54.3 Å². The lowest BCUT2D eigenvalue weighted by molar-refractivity contribution is -0.136. The Balaban J connectivity index is 1.62. The Morgan fingerprint density at radius 2 is 1.76 bits per heavy atom. The van der Waals surface area contributed by atoms with E-state index in [1.807, 2.05) is 60.7 Å². The van der Waals surface area contributed by atoms with Crippen molar-refractivity contribution in [1.29, 1.82) is 0 Å². The Hall–Kier alpha value is -3.93. The number of fused-ring (bicyclic) bond motifs is 1. The first-order valence-electron chi connectivity index (χ1n) is 11.2. The molecule has 0 aliphatic carbocycles. The maximum Gasteiger partial charge on any atom is 0.307 e. The van der Waals surface area contributed by atoms with Crippen LogP contribution in [-0.4, -0.2) is 20.6 Å². The molecule has 2 aromatic heterocycles. The zero-order valence-electron chi connectivity index (χ0n) is 18.8. The maximum atomic E-state index is 12.8. The molecule has 4 rings (SSSR count). The number of hydrogen-bond acceptors (Lipinski definition) is 4. The number of nitrogens with zero attached hydrogens (tertiary/aromatic N) is 2. The van der Waals surface area contributed by atoms with Crippen LogP contribution in [0.2, 0.25) is 0 Å². The third-order valence-electron chi connectivity index (χ3n) is 5.75. The van der Waals surface area contributed by atoms with E-state index in [-0.39, 0.29) is 12.0 Å². The SMILES string of the molecule is CCc1cc2c(ccc(=O)n2Cc2ccc(Nc3ccccc3CC(=O)O)cc2)c(CC)n1. The van der Waals surface area contributed by atoms with Crippen LogP contribution in [0, 0.1) is 0 Å². The maximum absolute atomic E-state index is 12.8. The zero-order valence-corrected chi connectivity index (χ0v) is 18.8. The number of nitrogens with one attached hydrogen (secondary N) is 1. The van der Waals surface area contributed by atoms with Crippen molar-refractivity contribution in [1.82, 2.24) is 9.55 Å². The Bertz CT molecular complexity index is 1360. The first-order valence-corrected chi connectivity index (χ1v) is 11.2. The molecule has 33 heavy (non-hydrogen) atoms. The highest BCUT2D eigenvalue weighted by Gasteiger charge is 2.11. The molecule has 0 radical (unpaired) electrons. The third kappa shape index (κ3) is 4.95. The topological polar surface area (TPSA) is 84.2 Å². The number of hydrogen-bond donors (Lipinski definition) is 2. The Labute approximate surface area is 192 Å². The van der Waals surface area contributed by atoms with Crippen LogP contribution in [0.25, 0.3) is 10.9 Å². The lowest BCUT2D eigenvalue weighted by atomic mass is 10.1. The van der Waals surface area contributed by atoms with Crippen molar-refractivity contribution in [3.63, 3.8) is 0 Å². The normalized spacial score (nSPS) is 11.0. The number of para-hydroxylation sites is 1. The number of carboxylic acids is 1. The number of rotatable bonds is 8. The number of anilines is 2. The minimum atomic E-state index is -0.868. The van der Waals surface area contributed by atoms with Gasteiger partial charge in [-0.25, -0.2) is 0 Å². The van der Waals surface area contributed by atoms with Gasteiger partial charge in [0.15, 0.2) is 0 Å². The van der Waals surface area contributed by atoms with Gasteiger partial charge in [0.25, 0.3) is 5.56 Å². The molecule has 6 heteroatoms. The number of aliphatic carboxylic acids is 1. The van der Waals surface area contributed by atoms with Gasteiger partial charge in [0, 0.05) is 34.2 Å². The number of benzene rings is 2. The molecule has 0 amide bonds. The monoisotopic (exact) mass is 441 g/mol. The van der Waals surface area contributed by atoms with Gasteiger partial charge in [0.05, 0.1) is 18.5 Å². The molecule has 0 aliphatic heterocycles. The second-order valence-corrected chi connectivity index (χ2v) is 8.01. The van der Waals surface area contributed by atoms with Crippen molar-refractivity contribution in [2.75, 3.05) is 5.32 Å². The summed E-state index contributed by atoms with van der Waals surface area (Å²) in [7, 11) is 0. The van der Waals surface area contributed by atoms with Gasteiger partial charge in [-0.3, -0.25) is 14.6 Å². The summed E-state index contributed by atoms with van der Waals surface area (Å²) in [4.78, 5) is 28.6. The number of aromatic nitrogens is 2. The second-order valence-electron chi connectivity index (χ2n) is 8.01. The highest BCUT2D eigenvalue weighted by atomic mass is 16.4. The predicted octanol–water partition coefficient (Wildman–Crippen LogP) is 4.94. The van der Waals surface area contributed by atoms with Crippen LogP contribution in [0.15, 0.2) is 71.5 Å². The van der Waals surface area contributed by atoms with E-state index in [4.69, 9.17) is 10.1 Å². The van der Waals surface area contributed by atoms with Gasteiger partial charge in [0.2, 0.25) is 0 Å². The fraction of sp³-hybridized carbons (Fsp3) is 0.222. The first-order chi connectivity index (χ1) is 16.0. The summed E-state index contributed by atoms with van der Waals surface area (Å²) < 4.78 is 1.81. The highest BCUT2D eigenvalue weighted by Crippen LogP contribution is 2.23. The molecule has 0 saturated carbocycles. The minimum Gasteiger partial charge on any atom is -0.481 e. The second kappa shape index (κ2) is 9.69. The van der Waals surface area contributed by atoms with Crippen molar-refractivity contribution in [2.24, 2.45) is 0 Å². The Kier molecular flexibility index (Phi) is 6.54. The van der Waals surface area contributed by atoms with Gasteiger partial charge in [-0.2, -0.15) is 0 Å². The minimum absolute atomic E-state index is 0.0393. The summed E-state index contributed by atoms with van der Waals surface area (Å²) in [6.45, 7) is 4.61. The van der Waals surface area contributed by atoms with Crippen LogP contribution >= 0.6 is 0 Å². The lowest BCUT2D eigenvalue weighted by Crippen LogP contribution is -2.20. The van der Waals surface area contributed by atoms with E-state index in [0.717, 1.165) is 57.6 Å². The van der Waals surface area contributed by atoms with Crippen LogP contribution in [-0.2, 0) is 30.6 Å². The molecular formula is C27H27N3O3. The van der Waals surface area contributed by atoms with Crippen molar-refractivity contribution in [2.45, 2.75) is 39.7 Å². The molecule has 0 bridgehead atoms. The van der Waals surface area contributed by atoms with Gasteiger partial charge in [-0.15, -0.1) is 0 Å². The summed E-state index contributed by atoms with van der Waals surface area (Å²) in [6, 6.07) is 20.7. The van der Waals surface area contributed by atoms with E-state index in [2.05, 4.69) is 19.2 Å². The smallest absolute Gasteiger partial charge is 0.307 e. The van der Waals surface area contributed by atoms with Crippen LogP contribution < -0.4 is 10.9 Å². The van der Waals surface area contributed by atoms with Crippen molar-refractivity contribution in [3.05, 3.63) is 99.6 Å². The van der Waals surface area contributed by atoms with Crippen LogP contribution in [0.5, 0.6) is 0 Å². The summed E-state index contributed by atoms with van der Waals surface area (Å²) in [6.07, 6.45) is 1.58. The van der Waals surface area contributed by atoms with Crippen LogP contribution in [0.4, 0.5) is 11.4 Å². The molecule has 0 unspecified atom stereocenters. The fourth-order valence-electron chi connectivity index (χ4n) is 4.02. The van der Waals surface area contributed by atoms with Crippen molar-refractivity contribution >= 4 is 28.2 Å². The third-order valence-corrected chi connectivity index (χ3v) is 5.75. The van der Waals surface area contributed by atoms with Crippen molar-refractivity contribution < 1.29 is 9.90 Å². The van der Waals surface area contributed by atoms with Crippen molar-refractivity contribution in [3.8, 4) is 0 Å². The Morgan fingerprint density at radius 3 is 2.45 bits per heavy atom. The molecule has 0 aliphatic rings. The molecule has 4 aromatic rings. The summed E-state index contributed by atoms with van der Waals surface area (Å²) >= 11 is 0. The summed E-state index contributed by atoms with van der Waals surface area (Å²) in [5.74, 6) is -0.868. The number of carboxylic acid groups (broad SMARTS) is 1. The molecule has 2 heterocycles. The van der Waals surface area contributed by atoms with E-state index < -0.39 is 5.97 Å². The predicted molar refractivity (Wildman–Crippen MR) is 131 cm³/mol. The van der Waals surface area contributed by atoms with Crippen LogP contribution in [0.1, 0.15) is 36.4 Å².